The summed E-state index contributed by atoms with van der Waals surface area (Å²) in [7, 11) is 1.92. The summed E-state index contributed by atoms with van der Waals surface area (Å²) >= 11 is 0. The zero-order chi connectivity index (χ0) is 22.9. The van der Waals surface area contributed by atoms with Gasteiger partial charge in [0, 0.05) is 63.3 Å². The molecule has 1 N–H and O–H groups in total. The standard InChI is InChI=1S/C24H34N6O3/c1-19-3-4-22(25-2)20(15-19)18-26-28-23-16-21(30-8-12-32-13-9-30)17-24(27-23)33-14-7-29-5-10-31-11-6-29/h3-4,15-17,25H,5-14,18H2,1-2H3. The lowest BCUT2D eigenvalue weighted by molar-refractivity contribution is 0.0320. The molecular formula is C24H34N6O3. The minimum Gasteiger partial charge on any atom is -0.476 e. The highest BCUT2D eigenvalue weighted by Gasteiger charge is 2.15. The van der Waals surface area contributed by atoms with Crippen molar-refractivity contribution in [3.8, 4) is 5.88 Å². The predicted molar refractivity (Wildman–Crippen MR) is 129 cm³/mol. The summed E-state index contributed by atoms with van der Waals surface area (Å²) in [4.78, 5) is 9.22. The molecule has 0 unspecified atom stereocenters. The monoisotopic (exact) mass is 454 g/mol. The number of hydrogen-bond acceptors (Lipinski definition) is 9. The van der Waals surface area contributed by atoms with Gasteiger partial charge in [-0.3, -0.25) is 4.90 Å². The third-order valence-corrected chi connectivity index (χ3v) is 5.85. The number of aromatic nitrogens is 1. The van der Waals surface area contributed by atoms with Gasteiger partial charge in [0.2, 0.25) is 5.88 Å². The van der Waals surface area contributed by atoms with E-state index in [1.807, 2.05) is 19.2 Å². The van der Waals surface area contributed by atoms with Gasteiger partial charge in [-0.25, -0.2) is 0 Å². The maximum absolute atomic E-state index is 6.03. The van der Waals surface area contributed by atoms with E-state index in [2.05, 4.69) is 55.5 Å². The summed E-state index contributed by atoms with van der Waals surface area (Å²) in [5.74, 6) is 1.13. The van der Waals surface area contributed by atoms with Gasteiger partial charge in [0.15, 0.2) is 5.82 Å². The summed E-state index contributed by atoms with van der Waals surface area (Å²) < 4.78 is 17.0. The SMILES string of the molecule is CNc1ccc(C)cc1CN=Nc1cc(N2CCOCC2)cc(OCCN2CCOCC2)n1. The van der Waals surface area contributed by atoms with E-state index in [4.69, 9.17) is 14.2 Å². The average molecular weight is 455 g/mol. The molecule has 0 spiro atoms. The first kappa shape index (κ1) is 23.4. The van der Waals surface area contributed by atoms with E-state index in [1.165, 1.54) is 5.56 Å². The van der Waals surface area contributed by atoms with Gasteiger partial charge in [-0.2, -0.15) is 10.1 Å². The Morgan fingerprint density at radius 2 is 1.79 bits per heavy atom. The molecule has 0 aliphatic carbocycles. The minimum absolute atomic E-state index is 0.481. The van der Waals surface area contributed by atoms with Crippen LogP contribution in [0.25, 0.3) is 0 Å². The number of morpholine rings is 2. The third kappa shape index (κ3) is 6.86. The Labute approximate surface area is 195 Å². The second kappa shape index (κ2) is 11.9. The minimum atomic E-state index is 0.481. The van der Waals surface area contributed by atoms with Gasteiger partial charge in [-0.1, -0.05) is 17.7 Å². The molecule has 1 aromatic heterocycles. The van der Waals surface area contributed by atoms with Crippen molar-refractivity contribution in [3.63, 3.8) is 0 Å². The lowest BCUT2D eigenvalue weighted by Crippen LogP contribution is -2.38. The lowest BCUT2D eigenvalue weighted by atomic mass is 10.1. The van der Waals surface area contributed by atoms with Crippen LogP contribution in [0, 0.1) is 6.92 Å². The van der Waals surface area contributed by atoms with E-state index >= 15 is 0 Å². The van der Waals surface area contributed by atoms with Crippen LogP contribution in [0.3, 0.4) is 0 Å². The largest absolute Gasteiger partial charge is 0.476 e. The molecule has 0 atom stereocenters. The van der Waals surface area contributed by atoms with E-state index in [-0.39, 0.29) is 0 Å². The predicted octanol–water partition coefficient (Wildman–Crippen LogP) is 3.26. The van der Waals surface area contributed by atoms with Crippen molar-refractivity contribution in [2.24, 2.45) is 10.2 Å². The van der Waals surface area contributed by atoms with Crippen LogP contribution >= 0.6 is 0 Å². The number of ether oxygens (including phenoxy) is 3. The summed E-state index contributed by atoms with van der Waals surface area (Å²) in [6.07, 6.45) is 0. The van der Waals surface area contributed by atoms with Gasteiger partial charge in [0.25, 0.3) is 0 Å². The number of nitrogens with zero attached hydrogens (tertiary/aromatic N) is 5. The molecule has 0 amide bonds. The van der Waals surface area contributed by atoms with Crippen LogP contribution in [-0.2, 0) is 16.0 Å². The van der Waals surface area contributed by atoms with Crippen LogP contribution in [0.1, 0.15) is 11.1 Å². The van der Waals surface area contributed by atoms with Crippen molar-refractivity contribution in [1.29, 1.82) is 0 Å². The third-order valence-electron chi connectivity index (χ3n) is 5.85. The first-order chi connectivity index (χ1) is 16.2. The van der Waals surface area contributed by atoms with Gasteiger partial charge < -0.3 is 24.4 Å². The number of nitrogens with one attached hydrogen (secondary N) is 1. The van der Waals surface area contributed by atoms with Crippen molar-refractivity contribution >= 4 is 17.2 Å². The van der Waals surface area contributed by atoms with Crippen molar-refractivity contribution < 1.29 is 14.2 Å². The topological polar surface area (TPSA) is 83.8 Å². The fourth-order valence-corrected chi connectivity index (χ4v) is 3.99. The maximum Gasteiger partial charge on any atom is 0.217 e. The smallest absolute Gasteiger partial charge is 0.217 e. The number of aryl methyl sites for hydroxylation is 1. The molecule has 2 aliphatic heterocycles. The highest BCUT2D eigenvalue weighted by atomic mass is 16.5. The molecule has 2 fully saturated rings. The Bertz CT molecular complexity index is 926. The van der Waals surface area contributed by atoms with Crippen molar-refractivity contribution in [2.75, 3.05) is 83.0 Å². The number of hydrogen-bond donors (Lipinski definition) is 1. The van der Waals surface area contributed by atoms with Crippen LogP contribution in [0.15, 0.2) is 40.6 Å². The summed E-state index contributed by atoms with van der Waals surface area (Å²) in [5.41, 5.74) is 4.40. The molecule has 3 heterocycles. The molecule has 0 saturated carbocycles. The van der Waals surface area contributed by atoms with E-state index in [1.54, 1.807) is 0 Å². The highest BCUT2D eigenvalue weighted by Crippen LogP contribution is 2.27. The van der Waals surface area contributed by atoms with E-state index < -0.39 is 0 Å². The Hall–Kier alpha value is -2.75. The van der Waals surface area contributed by atoms with Crippen LogP contribution in [0.4, 0.5) is 17.2 Å². The number of rotatable bonds is 9. The fraction of sp³-hybridized carbons (Fsp3) is 0.542. The Kier molecular flexibility index (Phi) is 8.46. The normalized spacial score (nSPS) is 17.5. The highest BCUT2D eigenvalue weighted by molar-refractivity contribution is 5.55. The molecule has 1 aromatic carbocycles. The zero-order valence-corrected chi connectivity index (χ0v) is 19.6. The first-order valence-electron chi connectivity index (χ1n) is 11.6. The molecule has 0 radical (unpaired) electrons. The van der Waals surface area contributed by atoms with Crippen LogP contribution in [0.2, 0.25) is 0 Å². The molecular weight excluding hydrogens is 420 g/mol. The molecule has 9 heteroatoms. The van der Waals surface area contributed by atoms with E-state index in [0.29, 0.717) is 38.1 Å². The number of anilines is 2. The van der Waals surface area contributed by atoms with Crippen molar-refractivity contribution in [3.05, 3.63) is 41.5 Å². The molecule has 2 saturated heterocycles. The summed E-state index contributed by atoms with van der Waals surface area (Å²) in [6, 6.07) is 10.2. The van der Waals surface area contributed by atoms with E-state index in [0.717, 1.165) is 62.9 Å². The molecule has 2 aromatic rings. The van der Waals surface area contributed by atoms with Gasteiger partial charge in [-0.05, 0) is 18.6 Å². The number of benzene rings is 1. The maximum atomic E-state index is 6.03. The number of pyridine rings is 1. The quantitative estimate of drug-likeness (QED) is 0.582. The molecule has 2 aliphatic rings. The Balaban J connectivity index is 1.46. The molecule has 4 rings (SSSR count). The second-order valence-corrected chi connectivity index (χ2v) is 8.23. The average Bonchev–Trinajstić information content (AvgIpc) is 2.85. The molecule has 178 valence electrons. The van der Waals surface area contributed by atoms with Crippen LogP contribution in [-0.4, -0.2) is 82.7 Å². The summed E-state index contributed by atoms with van der Waals surface area (Å²) in [5, 5.41) is 12.1. The van der Waals surface area contributed by atoms with Gasteiger partial charge >= 0.3 is 0 Å². The van der Waals surface area contributed by atoms with Crippen LogP contribution in [0.5, 0.6) is 5.88 Å². The number of azo groups is 1. The van der Waals surface area contributed by atoms with Crippen molar-refractivity contribution in [2.45, 2.75) is 13.5 Å². The van der Waals surface area contributed by atoms with Crippen molar-refractivity contribution in [1.82, 2.24) is 9.88 Å². The molecule has 0 bridgehead atoms. The summed E-state index contributed by atoms with van der Waals surface area (Å²) in [6.45, 7) is 10.5. The Morgan fingerprint density at radius 3 is 2.55 bits per heavy atom. The fourth-order valence-electron chi connectivity index (χ4n) is 3.99. The lowest BCUT2D eigenvalue weighted by Gasteiger charge is -2.29. The Morgan fingerprint density at radius 1 is 1.03 bits per heavy atom. The zero-order valence-electron chi connectivity index (χ0n) is 19.6. The van der Waals surface area contributed by atoms with Crippen LogP contribution < -0.4 is 15.0 Å². The second-order valence-electron chi connectivity index (χ2n) is 8.23. The van der Waals surface area contributed by atoms with E-state index in [9.17, 15) is 0 Å². The molecule has 33 heavy (non-hydrogen) atoms. The first-order valence-corrected chi connectivity index (χ1v) is 11.6. The van der Waals surface area contributed by atoms with Gasteiger partial charge in [-0.15, -0.1) is 5.11 Å². The van der Waals surface area contributed by atoms with Gasteiger partial charge in [0.1, 0.15) is 6.61 Å². The van der Waals surface area contributed by atoms with Gasteiger partial charge in [0.05, 0.1) is 33.0 Å². The molecule has 9 nitrogen and oxygen atoms in total.